The summed E-state index contributed by atoms with van der Waals surface area (Å²) >= 11 is 7.55. The van der Waals surface area contributed by atoms with Crippen LogP contribution < -0.4 is 19.5 Å². The van der Waals surface area contributed by atoms with E-state index < -0.39 is 0 Å². The van der Waals surface area contributed by atoms with E-state index in [2.05, 4.69) is 10.3 Å². The first-order valence-electron chi connectivity index (χ1n) is 9.45. The molecule has 1 aromatic heterocycles. The highest BCUT2D eigenvalue weighted by atomic mass is 35.5. The normalized spacial score (nSPS) is 11.8. The molecule has 1 unspecified atom stereocenters. The molecule has 1 N–H and O–H groups in total. The summed E-state index contributed by atoms with van der Waals surface area (Å²) in [7, 11) is 0. The van der Waals surface area contributed by atoms with Crippen LogP contribution in [-0.2, 0) is 4.79 Å². The monoisotopic (exact) mass is 446 g/mol. The summed E-state index contributed by atoms with van der Waals surface area (Å²) in [6.07, 6.45) is 1.66. The van der Waals surface area contributed by atoms with Gasteiger partial charge < -0.3 is 19.5 Å². The molecule has 3 rings (SSSR count). The molecule has 0 aliphatic carbocycles. The van der Waals surface area contributed by atoms with E-state index in [1.807, 2.05) is 45.0 Å². The van der Waals surface area contributed by atoms with Crippen molar-refractivity contribution >= 4 is 28.8 Å². The lowest BCUT2D eigenvalue weighted by molar-refractivity contribution is -0.119. The minimum atomic E-state index is -0.0676. The van der Waals surface area contributed by atoms with Gasteiger partial charge in [0.25, 0.3) is 5.19 Å². The Bertz CT molecular complexity index is 1000. The molecule has 1 amide bonds. The molecule has 0 saturated carbocycles. The van der Waals surface area contributed by atoms with Gasteiger partial charge in [-0.1, -0.05) is 23.7 Å². The Morgan fingerprint density at radius 1 is 1.07 bits per heavy atom. The zero-order chi connectivity index (χ0) is 21.7. The number of rotatable bonds is 8. The number of benzene rings is 2. The first kappa shape index (κ1) is 21.9. The molecule has 158 valence electrons. The number of hydrogen-bond donors (Lipinski definition) is 1. The third-order valence-corrected chi connectivity index (χ3v) is 5.00. The number of carbonyl (C=O) groups is 1. The van der Waals surface area contributed by atoms with E-state index in [0.29, 0.717) is 32.5 Å². The lowest BCUT2D eigenvalue weighted by Gasteiger charge is -2.13. The Hall–Kier alpha value is -2.77. The van der Waals surface area contributed by atoms with Crippen LogP contribution in [0.25, 0.3) is 0 Å². The van der Waals surface area contributed by atoms with E-state index in [1.165, 1.54) is 18.3 Å². The van der Waals surface area contributed by atoms with Gasteiger partial charge in [0.05, 0.1) is 23.4 Å². The fourth-order valence-corrected chi connectivity index (χ4v) is 3.53. The zero-order valence-corrected chi connectivity index (χ0v) is 18.7. The van der Waals surface area contributed by atoms with Crippen molar-refractivity contribution in [2.75, 3.05) is 0 Å². The van der Waals surface area contributed by atoms with E-state index in [9.17, 15) is 4.79 Å². The molecular weight excluding hydrogens is 424 g/mol. The minimum absolute atomic E-state index is 0.0641. The number of hydrogen-bond acceptors (Lipinski definition) is 6. The largest absolute Gasteiger partial charge is 0.491 e. The molecule has 30 heavy (non-hydrogen) atoms. The molecule has 0 fully saturated rings. The molecule has 0 spiro atoms. The lowest BCUT2D eigenvalue weighted by Crippen LogP contribution is -2.23. The van der Waals surface area contributed by atoms with Crippen molar-refractivity contribution in [2.45, 2.75) is 39.8 Å². The molecule has 8 heteroatoms. The van der Waals surface area contributed by atoms with Gasteiger partial charge in [-0.15, -0.1) is 0 Å². The summed E-state index contributed by atoms with van der Waals surface area (Å²) in [6, 6.07) is 12.7. The molecule has 1 heterocycles. The molecule has 2 aromatic carbocycles. The molecular formula is C22H23ClN2O4S. The quantitative estimate of drug-likeness (QED) is 0.435. The SMILES string of the molecule is CC(=O)NC(C)c1ccc(Oc2cnc(Oc3ccc(OC(C)C)cc3Cl)s2)cc1. The summed E-state index contributed by atoms with van der Waals surface area (Å²) in [5, 5.41) is 4.29. The van der Waals surface area contributed by atoms with Gasteiger partial charge in [-0.25, -0.2) is 4.98 Å². The predicted molar refractivity (Wildman–Crippen MR) is 118 cm³/mol. The van der Waals surface area contributed by atoms with Crippen molar-refractivity contribution < 1.29 is 19.0 Å². The molecule has 0 saturated heterocycles. The van der Waals surface area contributed by atoms with E-state index >= 15 is 0 Å². The van der Waals surface area contributed by atoms with Gasteiger partial charge >= 0.3 is 0 Å². The summed E-state index contributed by atoms with van der Waals surface area (Å²) in [6.45, 7) is 7.33. The number of thiazole rings is 1. The number of nitrogens with zero attached hydrogens (tertiary/aromatic N) is 1. The Kier molecular flexibility index (Phi) is 7.18. The maximum Gasteiger partial charge on any atom is 0.282 e. The van der Waals surface area contributed by atoms with E-state index in [-0.39, 0.29) is 18.1 Å². The maximum atomic E-state index is 11.2. The third kappa shape index (κ3) is 6.11. The molecule has 1 atom stereocenters. The van der Waals surface area contributed by atoms with Gasteiger partial charge in [-0.2, -0.15) is 0 Å². The smallest absolute Gasteiger partial charge is 0.282 e. The highest BCUT2D eigenvalue weighted by Gasteiger charge is 2.11. The van der Waals surface area contributed by atoms with Crippen molar-refractivity contribution in [3.05, 3.63) is 59.2 Å². The van der Waals surface area contributed by atoms with Crippen LogP contribution in [0.2, 0.25) is 5.02 Å². The van der Waals surface area contributed by atoms with E-state index in [4.69, 9.17) is 25.8 Å². The first-order chi connectivity index (χ1) is 14.3. The molecule has 6 nitrogen and oxygen atoms in total. The minimum Gasteiger partial charge on any atom is -0.491 e. The van der Waals surface area contributed by atoms with Crippen molar-refractivity contribution in [2.24, 2.45) is 0 Å². The molecule has 3 aromatic rings. The number of ether oxygens (including phenoxy) is 3. The second-order valence-corrected chi connectivity index (χ2v) is 8.26. The number of halogens is 1. The van der Waals surface area contributed by atoms with E-state index in [1.54, 1.807) is 24.4 Å². The van der Waals surface area contributed by atoms with E-state index in [0.717, 1.165) is 5.56 Å². The van der Waals surface area contributed by atoms with Gasteiger partial charge in [0, 0.05) is 13.0 Å². The highest BCUT2D eigenvalue weighted by Crippen LogP contribution is 2.37. The van der Waals surface area contributed by atoms with Crippen molar-refractivity contribution in [1.29, 1.82) is 0 Å². The fourth-order valence-electron chi connectivity index (χ4n) is 2.67. The first-order valence-corrected chi connectivity index (χ1v) is 10.6. The highest BCUT2D eigenvalue weighted by molar-refractivity contribution is 7.15. The number of nitrogens with one attached hydrogen (secondary N) is 1. The van der Waals surface area contributed by atoms with Crippen LogP contribution in [0.4, 0.5) is 0 Å². The molecule has 0 aliphatic heterocycles. The van der Waals surface area contributed by atoms with Crippen molar-refractivity contribution in [3.63, 3.8) is 0 Å². The van der Waals surface area contributed by atoms with Gasteiger partial charge in [0.2, 0.25) is 11.0 Å². The van der Waals surface area contributed by atoms with Crippen LogP contribution in [0.5, 0.6) is 27.5 Å². The van der Waals surface area contributed by atoms with Gasteiger partial charge in [0.1, 0.15) is 17.2 Å². The number of carbonyl (C=O) groups excluding carboxylic acids is 1. The average Bonchev–Trinajstić information content (AvgIpc) is 3.10. The summed E-state index contributed by atoms with van der Waals surface area (Å²) < 4.78 is 17.2. The average molecular weight is 447 g/mol. The van der Waals surface area contributed by atoms with Gasteiger partial charge in [-0.05, 0) is 61.9 Å². The van der Waals surface area contributed by atoms with Crippen LogP contribution in [0.1, 0.15) is 39.3 Å². The third-order valence-electron chi connectivity index (χ3n) is 3.95. The van der Waals surface area contributed by atoms with Crippen LogP contribution >= 0.6 is 22.9 Å². The Morgan fingerprint density at radius 3 is 2.40 bits per heavy atom. The lowest BCUT2D eigenvalue weighted by atomic mass is 10.1. The Morgan fingerprint density at radius 2 is 1.77 bits per heavy atom. The molecule has 0 aliphatic rings. The van der Waals surface area contributed by atoms with Gasteiger partial charge in [0.15, 0.2) is 0 Å². The maximum absolute atomic E-state index is 11.2. The fraction of sp³-hybridized carbons (Fsp3) is 0.273. The second kappa shape index (κ2) is 9.82. The van der Waals surface area contributed by atoms with Crippen LogP contribution in [0.15, 0.2) is 48.7 Å². The standard InChI is InChI=1S/C22H23ClN2O4S/c1-13(2)27-18-9-10-20(19(23)11-18)29-22-24-12-21(30-22)28-17-7-5-16(6-8-17)14(3)25-15(4)26/h5-14H,1-4H3,(H,25,26). The predicted octanol–water partition coefficient (Wildman–Crippen LogP) is 6.37. The van der Waals surface area contributed by atoms with Crippen LogP contribution in [-0.4, -0.2) is 17.0 Å². The van der Waals surface area contributed by atoms with Crippen molar-refractivity contribution in [1.82, 2.24) is 10.3 Å². The van der Waals surface area contributed by atoms with Crippen LogP contribution in [0.3, 0.4) is 0 Å². The topological polar surface area (TPSA) is 69.7 Å². The molecule has 0 radical (unpaired) electrons. The molecule has 0 bridgehead atoms. The summed E-state index contributed by atoms with van der Waals surface area (Å²) in [4.78, 5) is 15.4. The summed E-state index contributed by atoms with van der Waals surface area (Å²) in [5.41, 5.74) is 0.991. The Balaban J connectivity index is 1.62. The zero-order valence-electron chi connectivity index (χ0n) is 17.1. The number of amides is 1. The van der Waals surface area contributed by atoms with Gasteiger partial charge in [-0.3, -0.25) is 4.79 Å². The Labute approximate surface area is 184 Å². The summed E-state index contributed by atoms with van der Waals surface area (Å²) in [5.74, 6) is 1.77. The number of aromatic nitrogens is 1. The van der Waals surface area contributed by atoms with Crippen LogP contribution in [0, 0.1) is 0 Å². The second-order valence-electron chi connectivity index (χ2n) is 6.90. The van der Waals surface area contributed by atoms with Crippen molar-refractivity contribution in [3.8, 4) is 27.5 Å².